The van der Waals surface area contributed by atoms with Crippen LogP contribution in [-0.2, 0) is 6.54 Å². The van der Waals surface area contributed by atoms with Gasteiger partial charge in [0, 0.05) is 17.5 Å². The Labute approximate surface area is 131 Å². The number of ether oxygens (including phenoxy) is 1. The van der Waals surface area contributed by atoms with E-state index < -0.39 is 0 Å². The number of hydrogen-bond acceptors (Lipinski definition) is 4. The Bertz CT molecular complexity index is 633. The Morgan fingerprint density at radius 1 is 1.40 bits per heavy atom. The van der Waals surface area contributed by atoms with Crippen LogP contribution in [0.25, 0.3) is 0 Å². The first-order chi connectivity index (χ1) is 9.63. The van der Waals surface area contributed by atoms with Gasteiger partial charge in [0.25, 0.3) is 0 Å². The molecular formula is C15H15BrN2OS. The fourth-order valence-corrected chi connectivity index (χ4v) is 3.17. The van der Waals surface area contributed by atoms with Gasteiger partial charge in [0.15, 0.2) is 0 Å². The second kappa shape index (κ2) is 6.89. The monoisotopic (exact) mass is 350 g/mol. The summed E-state index contributed by atoms with van der Waals surface area (Å²) in [6.45, 7) is 2.88. The first-order valence-electron chi connectivity index (χ1n) is 6.19. The Hall–Kier alpha value is -1.35. The van der Waals surface area contributed by atoms with Gasteiger partial charge < -0.3 is 10.1 Å². The van der Waals surface area contributed by atoms with Crippen molar-refractivity contribution in [2.24, 2.45) is 0 Å². The molecule has 1 N–H and O–H groups in total. The van der Waals surface area contributed by atoms with Crippen molar-refractivity contribution < 1.29 is 4.74 Å². The molecule has 0 saturated heterocycles. The van der Waals surface area contributed by atoms with E-state index in [0.717, 1.165) is 21.6 Å². The second-order valence-corrected chi connectivity index (χ2v) is 6.40. The minimum Gasteiger partial charge on any atom is -0.496 e. The minimum atomic E-state index is 0.227. The van der Waals surface area contributed by atoms with Crippen LogP contribution in [0.1, 0.15) is 28.3 Å². The quantitative estimate of drug-likeness (QED) is 0.876. The van der Waals surface area contributed by atoms with Gasteiger partial charge in [-0.3, -0.25) is 0 Å². The highest BCUT2D eigenvalue weighted by molar-refractivity contribution is 9.10. The SMILES string of the molecule is COc1ccc(C(C)NCc2ccc(C#N)s2)cc1Br. The highest BCUT2D eigenvalue weighted by atomic mass is 79.9. The van der Waals surface area contributed by atoms with Crippen molar-refractivity contribution in [2.45, 2.75) is 19.5 Å². The van der Waals surface area contributed by atoms with Crippen molar-refractivity contribution in [1.29, 1.82) is 5.26 Å². The second-order valence-electron chi connectivity index (χ2n) is 4.37. The van der Waals surface area contributed by atoms with Gasteiger partial charge in [-0.05, 0) is 52.7 Å². The molecule has 0 amide bonds. The highest BCUT2D eigenvalue weighted by Gasteiger charge is 2.09. The van der Waals surface area contributed by atoms with Gasteiger partial charge in [-0.25, -0.2) is 0 Å². The summed E-state index contributed by atoms with van der Waals surface area (Å²) in [6.07, 6.45) is 0. The standard InChI is InChI=1S/C15H15BrN2OS/c1-10(11-3-6-15(19-2)14(16)7-11)18-9-13-5-4-12(8-17)20-13/h3-7,10,18H,9H2,1-2H3. The molecule has 0 aliphatic rings. The van der Waals surface area contributed by atoms with E-state index in [9.17, 15) is 0 Å². The maximum absolute atomic E-state index is 8.81. The van der Waals surface area contributed by atoms with E-state index in [1.807, 2.05) is 18.2 Å². The molecule has 1 aromatic carbocycles. The number of thiophene rings is 1. The maximum atomic E-state index is 8.81. The van der Waals surface area contributed by atoms with E-state index in [-0.39, 0.29) is 6.04 Å². The summed E-state index contributed by atoms with van der Waals surface area (Å²) in [4.78, 5) is 1.92. The molecule has 1 heterocycles. The molecule has 0 aliphatic carbocycles. The van der Waals surface area contributed by atoms with Crippen molar-refractivity contribution in [3.63, 3.8) is 0 Å². The molecule has 0 saturated carbocycles. The van der Waals surface area contributed by atoms with Gasteiger partial charge in [-0.15, -0.1) is 11.3 Å². The molecule has 5 heteroatoms. The number of hydrogen-bond donors (Lipinski definition) is 1. The predicted molar refractivity (Wildman–Crippen MR) is 85.0 cm³/mol. The van der Waals surface area contributed by atoms with Gasteiger partial charge >= 0.3 is 0 Å². The number of benzene rings is 1. The third kappa shape index (κ3) is 3.60. The zero-order valence-electron chi connectivity index (χ0n) is 11.3. The maximum Gasteiger partial charge on any atom is 0.133 e. The topological polar surface area (TPSA) is 45.0 Å². The van der Waals surface area contributed by atoms with Crippen LogP contribution in [0.3, 0.4) is 0 Å². The Morgan fingerprint density at radius 2 is 2.20 bits per heavy atom. The summed E-state index contributed by atoms with van der Waals surface area (Å²) in [5, 5.41) is 12.3. The van der Waals surface area contributed by atoms with Crippen LogP contribution in [0.15, 0.2) is 34.8 Å². The molecule has 0 fully saturated rings. The molecule has 1 aromatic heterocycles. The largest absolute Gasteiger partial charge is 0.496 e. The molecule has 1 atom stereocenters. The van der Waals surface area contributed by atoms with Gasteiger partial charge in [0.05, 0.1) is 11.6 Å². The average Bonchev–Trinajstić information content (AvgIpc) is 2.92. The summed E-state index contributed by atoms with van der Waals surface area (Å²) < 4.78 is 6.18. The van der Waals surface area contributed by atoms with Gasteiger partial charge in [-0.1, -0.05) is 6.07 Å². The summed E-state index contributed by atoms with van der Waals surface area (Å²) in [5.74, 6) is 0.831. The van der Waals surface area contributed by atoms with Crippen molar-refractivity contribution in [3.8, 4) is 11.8 Å². The first kappa shape index (κ1) is 15.0. The predicted octanol–water partition coefficient (Wildman–Crippen LogP) is 4.24. The van der Waals surface area contributed by atoms with E-state index in [4.69, 9.17) is 10.00 Å². The average molecular weight is 351 g/mol. The lowest BCUT2D eigenvalue weighted by molar-refractivity contribution is 0.411. The zero-order chi connectivity index (χ0) is 14.5. The van der Waals surface area contributed by atoms with E-state index >= 15 is 0 Å². The molecule has 3 nitrogen and oxygen atoms in total. The molecule has 0 aliphatic heterocycles. The third-order valence-corrected chi connectivity index (χ3v) is 4.64. The third-order valence-electron chi connectivity index (χ3n) is 3.03. The van der Waals surface area contributed by atoms with Gasteiger partial charge in [0.1, 0.15) is 16.7 Å². The van der Waals surface area contributed by atoms with Crippen molar-refractivity contribution >= 4 is 27.3 Å². The molecule has 104 valence electrons. The first-order valence-corrected chi connectivity index (χ1v) is 7.80. The van der Waals surface area contributed by atoms with Crippen LogP contribution < -0.4 is 10.1 Å². The van der Waals surface area contributed by atoms with Crippen molar-refractivity contribution in [2.75, 3.05) is 7.11 Å². The Kier molecular flexibility index (Phi) is 5.18. The molecule has 0 bridgehead atoms. The van der Waals surface area contributed by atoms with E-state index in [0.29, 0.717) is 0 Å². The summed E-state index contributed by atoms with van der Waals surface area (Å²) >= 11 is 5.02. The minimum absolute atomic E-state index is 0.227. The molecule has 1 unspecified atom stereocenters. The number of methoxy groups -OCH3 is 1. The number of nitrogens with one attached hydrogen (secondary N) is 1. The van der Waals surface area contributed by atoms with Crippen LogP contribution in [0.2, 0.25) is 0 Å². The van der Waals surface area contributed by atoms with Crippen LogP contribution in [0.5, 0.6) is 5.75 Å². The normalized spacial score (nSPS) is 11.9. The van der Waals surface area contributed by atoms with E-state index in [1.165, 1.54) is 21.8 Å². The molecule has 2 aromatic rings. The van der Waals surface area contributed by atoms with Gasteiger partial charge in [-0.2, -0.15) is 5.26 Å². The number of nitrogens with zero attached hydrogens (tertiary/aromatic N) is 1. The van der Waals surface area contributed by atoms with Crippen LogP contribution in [0.4, 0.5) is 0 Å². The fraction of sp³-hybridized carbons (Fsp3) is 0.267. The molecule has 0 radical (unpaired) electrons. The van der Waals surface area contributed by atoms with Crippen molar-refractivity contribution in [1.82, 2.24) is 5.32 Å². The van der Waals surface area contributed by atoms with E-state index in [2.05, 4.69) is 46.4 Å². The fourth-order valence-electron chi connectivity index (χ4n) is 1.86. The lowest BCUT2D eigenvalue weighted by atomic mass is 10.1. The number of rotatable bonds is 5. The number of nitriles is 1. The molecule has 20 heavy (non-hydrogen) atoms. The lowest BCUT2D eigenvalue weighted by Crippen LogP contribution is -2.17. The Morgan fingerprint density at radius 3 is 2.80 bits per heavy atom. The summed E-state index contributed by atoms with van der Waals surface area (Å²) in [6, 6.07) is 12.3. The molecule has 0 spiro atoms. The lowest BCUT2D eigenvalue weighted by Gasteiger charge is -2.15. The highest BCUT2D eigenvalue weighted by Crippen LogP contribution is 2.28. The number of halogens is 1. The molecule has 2 rings (SSSR count). The van der Waals surface area contributed by atoms with Crippen LogP contribution in [-0.4, -0.2) is 7.11 Å². The van der Waals surface area contributed by atoms with Crippen LogP contribution >= 0.6 is 27.3 Å². The van der Waals surface area contributed by atoms with E-state index in [1.54, 1.807) is 7.11 Å². The Balaban J connectivity index is 1.99. The summed E-state index contributed by atoms with van der Waals surface area (Å²) in [5.41, 5.74) is 1.19. The molecular weight excluding hydrogens is 336 g/mol. The van der Waals surface area contributed by atoms with Crippen LogP contribution in [0, 0.1) is 11.3 Å². The van der Waals surface area contributed by atoms with Gasteiger partial charge in [0.2, 0.25) is 0 Å². The zero-order valence-corrected chi connectivity index (χ0v) is 13.7. The summed E-state index contributed by atoms with van der Waals surface area (Å²) in [7, 11) is 1.66. The smallest absolute Gasteiger partial charge is 0.133 e. The van der Waals surface area contributed by atoms with Crippen molar-refractivity contribution in [3.05, 3.63) is 50.1 Å².